The van der Waals surface area contributed by atoms with Gasteiger partial charge in [0.15, 0.2) is 0 Å². The number of benzene rings is 1. The molecular weight excluding hydrogens is 182 g/mol. The molecule has 1 heteroatoms. The van der Waals surface area contributed by atoms with Crippen LogP contribution in [0, 0.1) is 0 Å². The van der Waals surface area contributed by atoms with Crippen molar-refractivity contribution in [1.82, 2.24) is 0 Å². The molecule has 0 saturated heterocycles. The lowest BCUT2D eigenvalue weighted by atomic mass is 10.2. The molecule has 0 amide bonds. The molecule has 0 spiro atoms. The number of hydrogen-bond acceptors (Lipinski definition) is 1. The van der Waals surface area contributed by atoms with Gasteiger partial charge in [0.05, 0.1) is 0 Å². The van der Waals surface area contributed by atoms with Crippen LogP contribution in [0.15, 0.2) is 30.3 Å². The number of nitrogens with two attached hydrogens (primary N) is 1. The lowest BCUT2D eigenvalue weighted by molar-refractivity contribution is 0.969. The minimum atomic E-state index is 0.740. The van der Waals surface area contributed by atoms with Crippen LogP contribution in [0.1, 0.15) is 47.1 Å². The van der Waals surface area contributed by atoms with Crippen LogP contribution in [0.3, 0.4) is 0 Å². The zero-order chi connectivity index (χ0) is 12.5. The Bertz CT molecular complexity index is 158. The third kappa shape index (κ3) is 15.9. The lowest BCUT2D eigenvalue weighted by Crippen LogP contribution is -2.01. The Hall–Kier alpha value is -0.820. The fourth-order valence-corrected chi connectivity index (χ4v) is 0.811. The minimum absolute atomic E-state index is 0.740. The highest BCUT2D eigenvalue weighted by atomic mass is 14.5. The zero-order valence-corrected chi connectivity index (χ0v) is 11.4. The molecule has 0 fully saturated rings. The highest BCUT2D eigenvalue weighted by Gasteiger charge is 1.84. The van der Waals surface area contributed by atoms with Crippen molar-refractivity contribution in [3.63, 3.8) is 0 Å². The highest BCUT2D eigenvalue weighted by molar-refractivity contribution is 5.14. The average Bonchev–Trinajstić information content (AvgIpc) is 2.38. The first kappa shape index (κ1) is 19.7. The molecule has 0 heterocycles. The van der Waals surface area contributed by atoms with Crippen molar-refractivity contribution < 1.29 is 0 Å². The maximum Gasteiger partial charge on any atom is -0.00367 e. The van der Waals surface area contributed by atoms with Gasteiger partial charge in [-0.15, -0.1) is 0 Å². The third-order valence-electron chi connectivity index (χ3n) is 1.28. The fraction of sp³-hybridized carbons (Fsp3) is 0.571. The molecule has 0 atom stereocenters. The molecule has 0 aliphatic rings. The molecular formula is C14H29N. The van der Waals surface area contributed by atoms with Crippen LogP contribution >= 0.6 is 0 Å². The molecule has 0 bridgehead atoms. The van der Waals surface area contributed by atoms with Gasteiger partial charge in [0, 0.05) is 0 Å². The standard InChI is InChI=1S/C8H11N.3C2H6/c9-7-6-8-4-2-1-3-5-8;3*1-2/h1-5H,6-7,9H2;3*1-2H3. The van der Waals surface area contributed by atoms with Gasteiger partial charge in [0.1, 0.15) is 0 Å². The van der Waals surface area contributed by atoms with Gasteiger partial charge >= 0.3 is 0 Å². The third-order valence-corrected chi connectivity index (χ3v) is 1.28. The lowest BCUT2D eigenvalue weighted by Gasteiger charge is -1.93. The second-order valence-electron chi connectivity index (χ2n) is 2.02. The fourth-order valence-electron chi connectivity index (χ4n) is 0.811. The summed E-state index contributed by atoms with van der Waals surface area (Å²) in [6.45, 7) is 12.7. The molecule has 0 saturated carbocycles. The maximum absolute atomic E-state index is 5.36. The highest BCUT2D eigenvalue weighted by Crippen LogP contribution is 1.96. The molecule has 0 radical (unpaired) electrons. The first-order valence-electron chi connectivity index (χ1n) is 6.17. The molecule has 15 heavy (non-hydrogen) atoms. The van der Waals surface area contributed by atoms with Crippen molar-refractivity contribution in [3.8, 4) is 0 Å². The van der Waals surface area contributed by atoms with Crippen LogP contribution < -0.4 is 5.73 Å². The molecule has 0 aromatic heterocycles. The van der Waals surface area contributed by atoms with E-state index >= 15 is 0 Å². The van der Waals surface area contributed by atoms with E-state index in [4.69, 9.17) is 5.73 Å². The van der Waals surface area contributed by atoms with Gasteiger partial charge in [-0.1, -0.05) is 71.9 Å². The van der Waals surface area contributed by atoms with E-state index in [-0.39, 0.29) is 0 Å². The van der Waals surface area contributed by atoms with Crippen molar-refractivity contribution in [2.24, 2.45) is 5.73 Å². The minimum Gasteiger partial charge on any atom is -0.330 e. The van der Waals surface area contributed by atoms with Gasteiger partial charge in [-0.25, -0.2) is 0 Å². The number of rotatable bonds is 2. The van der Waals surface area contributed by atoms with E-state index in [9.17, 15) is 0 Å². The van der Waals surface area contributed by atoms with Crippen molar-refractivity contribution in [1.29, 1.82) is 0 Å². The van der Waals surface area contributed by atoms with Crippen molar-refractivity contribution in [3.05, 3.63) is 35.9 Å². The molecule has 2 N–H and O–H groups in total. The topological polar surface area (TPSA) is 26.0 Å². The molecule has 1 nitrogen and oxygen atoms in total. The average molecular weight is 211 g/mol. The van der Waals surface area contributed by atoms with E-state index in [0.717, 1.165) is 13.0 Å². The van der Waals surface area contributed by atoms with Gasteiger partial charge in [-0.3, -0.25) is 0 Å². The smallest absolute Gasteiger partial charge is 0.00367 e. The Kier molecular flexibility index (Phi) is 30.5. The Morgan fingerprint density at radius 1 is 0.800 bits per heavy atom. The Labute approximate surface area is 96.7 Å². The van der Waals surface area contributed by atoms with Gasteiger partial charge in [0.25, 0.3) is 0 Å². The summed E-state index contributed by atoms with van der Waals surface area (Å²) < 4.78 is 0. The monoisotopic (exact) mass is 211 g/mol. The van der Waals surface area contributed by atoms with Gasteiger partial charge in [-0.05, 0) is 18.5 Å². The number of hydrogen-bond donors (Lipinski definition) is 1. The molecule has 90 valence electrons. The molecule has 0 aliphatic carbocycles. The van der Waals surface area contributed by atoms with Crippen molar-refractivity contribution in [2.45, 2.75) is 48.0 Å². The van der Waals surface area contributed by atoms with E-state index in [1.807, 2.05) is 59.7 Å². The quantitative estimate of drug-likeness (QED) is 0.777. The van der Waals surface area contributed by atoms with E-state index in [1.165, 1.54) is 5.56 Å². The summed E-state index contributed by atoms with van der Waals surface area (Å²) in [6, 6.07) is 10.3. The normalized spacial score (nSPS) is 6.87. The van der Waals surface area contributed by atoms with E-state index in [1.54, 1.807) is 0 Å². The van der Waals surface area contributed by atoms with Crippen LogP contribution in [0.5, 0.6) is 0 Å². The predicted octanol–water partition coefficient (Wildman–Crippen LogP) is 4.27. The van der Waals surface area contributed by atoms with Gasteiger partial charge < -0.3 is 5.73 Å². The summed E-state index contributed by atoms with van der Waals surface area (Å²) in [5.41, 5.74) is 6.68. The second kappa shape index (κ2) is 23.2. The first-order valence-corrected chi connectivity index (χ1v) is 6.17. The first-order chi connectivity index (χ1) is 7.43. The summed E-state index contributed by atoms with van der Waals surface area (Å²) in [6.07, 6.45) is 0.987. The van der Waals surface area contributed by atoms with Crippen LogP contribution in [0.25, 0.3) is 0 Å². The summed E-state index contributed by atoms with van der Waals surface area (Å²) in [5, 5.41) is 0. The predicted molar refractivity (Wildman–Crippen MR) is 73.2 cm³/mol. The Balaban J connectivity index is -0.000000208. The van der Waals surface area contributed by atoms with E-state index < -0.39 is 0 Å². The molecule has 1 rings (SSSR count). The van der Waals surface area contributed by atoms with Gasteiger partial charge in [-0.2, -0.15) is 0 Å². The molecule has 0 unspecified atom stereocenters. The SMILES string of the molecule is CC.CC.CC.NCCc1ccccc1. The van der Waals surface area contributed by atoms with E-state index in [0.29, 0.717) is 0 Å². The Morgan fingerprint density at radius 3 is 1.53 bits per heavy atom. The summed E-state index contributed by atoms with van der Waals surface area (Å²) in [5.74, 6) is 0. The zero-order valence-electron chi connectivity index (χ0n) is 11.4. The molecule has 1 aromatic carbocycles. The van der Waals surface area contributed by atoms with Crippen LogP contribution in [0.4, 0.5) is 0 Å². The molecule has 0 aliphatic heterocycles. The van der Waals surface area contributed by atoms with E-state index in [2.05, 4.69) is 12.1 Å². The van der Waals surface area contributed by atoms with Crippen LogP contribution in [-0.4, -0.2) is 6.54 Å². The summed E-state index contributed by atoms with van der Waals surface area (Å²) in [7, 11) is 0. The van der Waals surface area contributed by atoms with Crippen LogP contribution in [-0.2, 0) is 6.42 Å². The Morgan fingerprint density at radius 2 is 1.20 bits per heavy atom. The second-order valence-corrected chi connectivity index (χ2v) is 2.02. The van der Waals surface area contributed by atoms with Gasteiger partial charge in [0.2, 0.25) is 0 Å². The van der Waals surface area contributed by atoms with Crippen LogP contribution in [0.2, 0.25) is 0 Å². The summed E-state index contributed by atoms with van der Waals surface area (Å²) >= 11 is 0. The largest absolute Gasteiger partial charge is 0.330 e. The van der Waals surface area contributed by atoms with Crippen molar-refractivity contribution in [2.75, 3.05) is 6.54 Å². The maximum atomic E-state index is 5.36. The summed E-state index contributed by atoms with van der Waals surface area (Å²) in [4.78, 5) is 0. The van der Waals surface area contributed by atoms with Crippen molar-refractivity contribution >= 4 is 0 Å². The molecule has 1 aromatic rings.